The SMILES string of the molecule is CCOC(=O)CCCCOC. The smallest absolute Gasteiger partial charge is 0.305 e. The van der Waals surface area contributed by atoms with Crippen LogP contribution < -0.4 is 0 Å². The zero-order chi connectivity index (χ0) is 8.53. The fourth-order valence-electron chi connectivity index (χ4n) is 0.749. The Morgan fingerprint density at radius 1 is 1.36 bits per heavy atom. The van der Waals surface area contributed by atoms with Crippen molar-refractivity contribution in [2.45, 2.75) is 26.2 Å². The van der Waals surface area contributed by atoms with E-state index in [1.165, 1.54) is 0 Å². The number of carbonyl (C=O) groups excluding carboxylic acids is 1. The Balaban J connectivity index is 3.04. The third kappa shape index (κ3) is 7.33. The molecule has 0 aliphatic carbocycles. The molecule has 0 atom stereocenters. The van der Waals surface area contributed by atoms with Gasteiger partial charge in [0.1, 0.15) is 0 Å². The lowest BCUT2D eigenvalue weighted by atomic mass is 10.2. The van der Waals surface area contributed by atoms with Crippen LogP contribution in [0.5, 0.6) is 0 Å². The van der Waals surface area contributed by atoms with Gasteiger partial charge in [0.25, 0.3) is 0 Å². The van der Waals surface area contributed by atoms with Gasteiger partial charge in [-0.05, 0) is 19.8 Å². The molecule has 0 fully saturated rings. The van der Waals surface area contributed by atoms with E-state index >= 15 is 0 Å². The molecule has 0 aliphatic rings. The average molecular weight is 160 g/mol. The summed E-state index contributed by atoms with van der Waals surface area (Å²) in [7, 11) is 1.66. The van der Waals surface area contributed by atoms with E-state index in [-0.39, 0.29) is 5.97 Å². The zero-order valence-corrected chi connectivity index (χ0v) is 7.26. The van der Waals surface area contributed by atoms with E-state index in [9.17, 15) is 4.79 Å². The van der Waals surface area contributed by atoms with Crippen LogP contribution in [0.3, 0.4) is 0 Å². The average Bonchev–Trinajstić information content (AvgIpc) is 1.99. The highest BCUT2D eigenvalue weighted by molar-refractivity contribution is 5.69. The second-order valence-electron chi connectivity index (χ2n) is 2.25. The van der Waals surface area contributed by atoms with Gasteiger partial charge in [0.15, 0.2) is 0 Å². The quantitative estimate of drug-likeness (QED) is 0.435. The maximum atomic E-state index is 10.7. The van der Waals surface area contributed by atoms with Crippen LogP contribution in [-0.4, -0.2) is 26.3 Å². The molecule has 3 nitrogen and oxygen atoms in total. The molecule has 0 radical (unpaired) electrons. The van der Waals surface area contributed by atoms with Crippen LogP contribution in [0.4, 0.5) is 0 Å². The Bertz CT molecular complexity index is 102. The lowest BCUT2D eigenvalue weighted by Gasteiger charge is -2.00. The summed E-state index contributed by atoms with van der Waals surface area (Å²) in [5.41, 5.74) is 0. The first kappa shape index (κ1) is 10.4. The molecular weight excluding hydrogens is 144 g/mol. The van der Waals surface area contributed by atoms with E-state index in [1.54, 1.807) is 7.11 Å². The molecule has 0 bridgehead atoms. The van der Waals surface area contributed by atoms with Gasteiger partial charge in [-0.15, -0.1) is 0 Å². The normalized spacial score (nSPS) is 9.64. The number of hydrogen-bond donors (Lipinski definition) is 0. The maximum absolute atomic E-state index is 10.7. The predicted molar refractivity (Wildman–Crippen MR) is 42.4 cm³/mol. The van der Waals surface area contributed by atoms with Gasteiger partial charge < -0.3 is 9.47 Å². The monoisotopic (exact) mass is 160 g/mol. The molecular formula is C8H16O3. The summed E-state index contributed by atoms with van der Waals surface area (Å²) in [6, 6.07) is 0. The lowest BCUT2D eigenvalue weighted by Crippen LogP contribution is -2.03. The number of carbonyl (C=O) groups is 1. The second kappa shape index (κ2) is 7.54. The Hall–Kier alpha value is -0.570. The van der Waals surface area contributed by atoms with Crippen molar-refractivity contribution in [3.63, 3.8) is 0 Å². The molecule has 0 N–H and O–H groups in total. The van der Waals surface area contributed by atoms with Crippen LogP contribution in [-0.2, 0) is 14.3 Å². The number of methoxy groups -OCH3 is 1. The van der Waals surface area contributed by atoms with E-state index < -0.39 is 0 Å². The van der Waals surface area contributed by atoms with E-state index in [1.807, 2.05) is 6.92 Å². The Labute approximate surface area is 67.7 Å². The van der Waals surface area contributed by atoms with Crippen molar-refractivity contribution in [1.29, 1.82) is 0 Å². The van der Waals surface area contributed by atoms with Crippen LogP contribution in [0.15, 0.2) is 0 Å². The first-order valence-electron chi connectivity index (χ1n) is 3.95. The van der Waals surface area contributed by atoms with Crippen LogP contribution in [0, 0.1) is 0 Å². The number of ether oxygens (including phenoxy) is 2. The molecule has 0 saturated heterocycles. The Morgan fingerprint density at radius 3 is 2.64 bits per heavy atom. The van der Waals surface area contributed by atoms with Gasteiger partial charge in [-0.25, -0.2) is 0 Å². The van der Waals surface area contributed by atoms with E-state index in [2.05, 4.69) is 0 Å². The summed E-state index contributed by atoms with van der Waals surface area (Å²) in [5, 5.41) is 0. The molecule has 11 heavy (non-hydrogen) atoms. The minimum Gasteiger partial charge on any atom is -0.466 e. The fraction of sp³-hybridized carbons (Fsp3) is 0.875. The molecule has 0 rings (SSSR count). The van der Waals surface area contributed by atoms with Gasteiger partial charge in [0, 0.05) is 20.1 Å². The second-order valence-corrected chi connectivity index (χ2v) is 2.25. The van der Waals surface area contributed by atoms with Crippen LogP contribution >= 0.6 is 0 Å². The zero-order valence-electron chi connectivity index (χ0n) is 7.26. The number of rotatable bonds is 6. The summed E-state index contributed by atoms with van der Waals surface area (Å²) >= 11 is 0. The van der Waals surface area contributed by atoms with Crippen molar-refractivity contribution < 1.29 is 14.3 Å². The van der Waals surface area contributed by atoms with Crippen molar-refractivity contribution in [2.24, 2.45) is 0 Å². The molecule has 3 heteroatoms. The van der Waals surface area contributed by atoms with Crippen LogP contribution in [0.1, 0.15) is 26.2 Å². The van der Waals surface area contributed by atoms with Gasteiger partial charge >= 0.3 is 5.97 Å². The van der Waals surface area contributed by atoms with Crippen molar-refractivity contribution in [3.05, 3.63) is 0 Å². The maximum Gasteiger partial charge on any atom is 0.305 e. The summed E-state index contributed by atoms with van der Waals surface area (Å²) in [5.74, 6) is -0.108. The predicted octanol–water partition coefficient (Wildman–Crippen LogP) is 1.37. The fourth-order valence-corrected chi connectivity index (χ4v) is 0.749. The minimum absolute atomic E-state index is 0.108. The standard InChI is InChI=1S/C8H16O3/c1-3-11-8(9)6-4-5-7-10-2/h3-7H2,1-2H3. The van der Waals surface area contributed by atoms with Crippen molar-refractivity contribution in [3.8, 4) is 0 Å². The van der Waals surface area contributed by atoms with Crippen molar-refractivity contribution >= 4 is 5.97 Å². The number of unbranched alkanes of at least 4 members (excludes halogenated alkanes) is 1. The lowest BCUT2D eigenvalue weighted by molar-refractivity contribution is -0.143. The van der Waals surface area contributed by atoms with E-state index in [0.29, 0.717) is 13.0 Å². The van der Waals surface area contributed by atoms with Crippen LogP contribution in [0.2, 0.25) is 0 Å². The summed E-state index contributed by atoms with van der Waals surface area (Å²) < 4.78 is 9.57. The molecule has 0 spiro atoms. The van der Waals surface area contributed by atoms with Gasteiger partial charge in [0.2, 0.25) is 0 Å². The van der Waals surface area contributed by atoms with Gasteiger partial charge in [-0.1, -0.05) is 0 Å². The molecule has 0 aromatic carbocycles. The summed E-state index contributed by atoms with van der Waals surface area (Å²) in [4.78, 5) is 10.7. The molecule has 0 saturated carbocycles. The molecule has 0 aromatic heterocycles. The molecule has 0 amide bonds. The highest BCUT2D eigenvalue weighted by atomic mass is 16.5. The number of esters is 1. The summed E-state index contributed by atoms with van der Waals surface area (Å²) in [6.45, 7) is 3.01. The third-order valence-electron chi connectivity index (χ3n) is 1.28. The molecule has 66 valence electrons. The topological polar surface area (TPSA) is 35.5 Å². The first-order chi connectivity index (χ1) is 5.31. The van der Waals surface area contributed by atoms with Gasteiger partial charge in [-0.2, -0.15) is 0 Å². The van der Waals surface area contributed by atoms with Gasteiger partial charge in [-0.3, -0.25) is 4.79 Å². The van der Waals surface area contributed by atoms with Crippen LogP contribution in [0.25, 0.3) is 0 Å². The minimum atomic E-state index is -0.108. The largest absolute Gasteiger partial charge is 0.466 e. The number of hydrogen-bond acceptors (Lipinski definition) is 3. The summed E-state index contributed by atoms with van der Waals surface area (Å²) in [6.07, 6.45) is 2.29. The van der Waals surface area contributed by atoms with E-state index in [4.69, 9.17) is 9.47 Å². The highest BCUT2D eigenvalue weighted by Gasteiger charge is 1.99. The first-order valence-corrected chi connectivity index (χ1v) is 3.95. The molecule has 0 heterocycles. The molecule has 0 aromatic rings. The molecule has 0 aliphatic heterocycles. The van der Waals surface area contributed by atoms with Gasteiger partial charge in [0.05, 0.1) is 6.61 Å². The van der Waals surface area contributed by atoms with Crippen molar-refractivity contribution in [2.75, 3.05) is 20.3 Å². The van der Waals surface area contributed by atoms with E-state index in [0.717, 1.165) is 19.4 Å². The van der Waals surface area contributed by atoms with Crippen molar-refractivity contribution in [1.82, 2.24) is 0 Å². The Kier molecular flexibility index (Phi) is 7.15. The highest BCUT2D eigenvalue weighted by Crippen LogP contribution is 1.97. The third-order valence-corrected chi connectivity index (χ3v) is 1.28. The Morgan fingerprint density at radius 2 is 2.09 bits per heavy atom. The molecule has 0 unspecified atom stereocenters.